The lowest BCUT2D eigenvalue weighted by Gasteiger charge is -2.32. The highest BCUT2D eigenvalue weighted by Gasteiger charge is 2.26. The molecule has 1 fully saturated rings. The molecule has 1 aliphatic heterocycles. The zero-order valence-electron chi connectivity index (χ0n) is 8.44. The molecule has 4 heteroatoms. The van der Waals surface area contributed by atoms with Crippen LogP contribution in [0.25, 0.3) is 0 Å². The van der Waals surface area contributed by atoms with E-state index in [1.54, 1.807) is 16.7 Å². The molecule has 0 aromatic heterocycles. The molecule has 1 amide bonds. The Morgan fingerprint density at radius 3 is 2.73 bits per heavy atom. The first kappa shape index (κ1) is 10.8. The predicted molar refractivity (Wildman–Crippen MR) is 64.0 cm³/mol. The van der Waals surface area contributed by atoms with Crippen LogP contribution in [0.5, 0.6) is 0 Å². The van der Waals surface area contributed by atoms with Crippen molar-refractivity contribution in [3.05, 3.63) is 34.9 Å². The molecule has 2 nitrogen and oxygen atoms in total. The Hall–Kier alpha value is -0.670. The molecule has 1 aliphatic rings. The summed E-state index contributed by atoms with van der Waals surface area (Å²) in [7, 11) is 1.85. The van der Waals surface area contributed by atoms with Gasteiger partial charge < -0.3 is 4.90 Å². The van der Waals surface area contributed by atoms with Crippen molar-refractivity contribution < 1.29 is 4.79 Å². The largest absolute Gasteiger partial charge is 0.330 e. The van der Waals surface area contributed by atoms with E-state index in [2.05, 4.69) is 0 Å². The van der Waals surface area contributed by atoms with Gasteiger partial charge in [0.15, 0.2) is 0 Å². The summed E-state index contributed by atoms with van der Waals surface area (Å²) in [6.45, 7) is 0. The predicted octanol–water partition coefficient (Wildman–Crippen LogP) is 2.93. The van der Waals surface area contributed by atoms with Crippen molar-refractivity contribution >= 4 is 29.3 Å². The molecular formula is C11H12ClNOS. The van der Waals surface area contributed by atoms with Gasteiger partial charge >= 0.3 is 0 Å². The Balaban J connectivity index is 2.22. The summed E-state index contributed by atoms with van der Waals surface area (Å²) in [5.74, 6) is 1.12. The molecular weight excluding hydrogens is 230 g/mol. The summed E-state index contributed by atoms with van der Waals surface area (Å²) in [6, 6.07) is 7.69. The highest BCUT2D eigenvalue weighted by atomic mass is 35.5. The number of rotatable bonds is 1. The maximum absolute atomic E-state index is 11.5. The van der Waals surface area contributed by atoms with Crippen LogP contribution in [0.2, 0.25) is 5.02 Å². The zero-order valence-corrected chi connectivity index (χ0v) is 10.0. The molecule has 1 aromatic rings. The minimum absolute atomic E-state index is 0.142. The van der Waals surface area contributed by atoms with E-state index in [0.717, 1.165) is 16.3 Å². The average Bonchev–Trinajstić information content (AvgIpc) is 2.24. The first-order chi connectivity index (χ1) is 7.18. The number of carbonyl (C=O) groups excluding carboxylic acids is 1. The van der Waals surface area contributed by atoms with Crippen LogP contribution in [0.4, 0.5) is 0 Å². The monoisotopic (exact) mass is 241 g/mol. The third kappa shape index (κ3) is 2.29. The maximum atomic E-state index is 11.5. The molecule has 0 radical (unpaired) electrons. The fourth-order valence-corrected chi connectivity index (χ4v) is 2.96. The van der Waals surface area contributed by atoms with E-state index in [9.17, 15) is 4.79 Å². The smallest absolute Gasteiger partial charge is 0.224 e. The minimum Gasteiger partial charge on any atom is -0.330 e. The third-order valence-corrected chi connectivity index (χ3v) is 4.09. The van der Waals surface area contributed by atoms with Crippen molar-refractivity contribution in [2.45, 2.75) is 11.8 Å². The van der Waals surface area contributed by atoms with Crippen LogP contribution in [-0.2, 0) is 4.79 Å². The lowest BCUT2D eigenvalue weighted by atomic mass is 10.2. The van der Waals surface area contributed by atoms with Crippen LogP contribution in [0.1, 0.15) is 17.4 Å². The summed E-state index contributed by atoms with van der Waals surface area (Å²) in [4.78, 5) is 13.3. The fraction of sp³-hybridized carbons (Fsp3) is 0.364. The molecule has 2 rings (SSSR count). The number of nitrogens with zero attached hydrogens (tertiary/aromatic N) is 1. The van der Waals surface area contributed by atoms with Gasteiger partial charge in [0.25, 0.3) is 0 Å². The van der Waals surface area contributed by atoms with Crippen LogP contribution >= 0.6 is 23.4 Å². The highest BCUT2D eigenvalue weighted by Crippen LogP contribution is 2.36. The lowest BCUT2D eigenvalue weighted by Crippen LogP contribution is -2.33. The number of hydrogen-bond acceptors (Lipinski definition) is 2. The fourth-order valence-electron chi connectivity index (χ4n) is 1.62. The van der Waals surface area contributed by atoms with Gasteiger partial charge in [-0.1, -0.05) is 23.7 Å². The highest BCUT2D eigenvalue weighted by molar-refractivity contribution is 7.99. The Bertz CT molecular complexity index is 365. The van der Waals surface area contributed by atoms with Gasteiger partial charge in [-0.3, -0.25) is 4.79 Å². The van der Waals surface area contributed by atoms with Crippen molar-refractivity contribution in [3.8, 4) is 0 Å². The Morgan fingerprint density at radius 2 is 2.07 bits per heavy atom. The Labute approximate surface area is 98.6 Å². The van der Waals surface area contributed by atoms with Gasteiger partial charge in [-0.05, 0) is 17.7 Å². The number of hydrogen-bond donors (Lipinski definition) is 0. The second-order valence-corrected chi connectivity index (χ2v) is 5.15. The van der Waals surface area contributed by atoms with E-state index in [0.29, 0.717) is 6.42 Å². The number of amides is 1. The van der Waals surface area contributed by atoms with Crippen LogP contribution in [0.15, 0.2) is 24.3 Å². The molecule has 0 spiro atoms. The summed E-state index contributed by atoms with van der Waals surface area (Å²) >= 11 is 7.62. The number of halogens is 1. The molecule has 0 aliphatic carbocycles. The van der Waals surface area contributed by atoms with Gasteiger partial charge in [0.2, 0.25) is 5.91 Å². The summed E-state index contributed by atoms with van der Waals surface area (Å²) in [6.07, 6.45) is 0.644. The van der Waals surface area contributed by atoms with E-state index in [1.165, 1.54) is 0 Å². The van der Waals surface area contributed by atoms with Crippen molar-refractivity contribution in [2.24, 2.45) is 0 Å². The first-order valence-corrected chi connectivity index (χ1v) is 6.24. The van der Waals surface area contributed by atoms with Gasteiger partial charge in [-0.2, -0.15) is 0 Å². The summed E-state index contributed by atoms with van der Waals surface area (Å²) in [5, 5.41) is 0.872. The van der Waals surface area contributed by atoms with Crippen molar-refractivity contribution in [1.29, 1.82) is 0 Å². The van der Waals surface area contributed by atoms with Gasteiger partial charge in [0, 0.05) is 24.2 Å². The van der Waals surface area contributed by atoms with Crippen LogP contribution in [0.3, 0.4) is 0 Å². The third-order valence-electron chi connectivity index (χ3n) is 2.49. The van der Waals surface area contributed by atoms with Crippen molar-refractivity contribution in [3.63, 3.8) is 0 Å². The molecule has 0 saturated carbocycles. The van der Waals surface area contributed by atoms with Gasteiger partial charge in [-0.15, -0.1) is 11.8 Å². The van der Waals surface area contributed by atoms with E-state index in [4.69, 9.17) is 11.6 Å². The second kappa shape index (κ2) is 4.45. The van der Waals surface area contributed by atoms with E-state index in [-0.39, 0.29) is 11.3 Å². The van der Waals surface area contributed by atoms with E-state index in [1.807, 2.05) is 31.3 Å². The zero-order chi connectivity index (χ0) is 10.8. The molecule has 80 valence electrons. The molecule has 1 atom stereocenters. The Morgan fingerprint density at radius 1 is 1.40 bits per heavy atom. The number of benzene rings is 1. The molecule has 15 heavy (non-hydrogen) atoms. The number of thioether (sulfide) groups is 1. The molecule has 0 N–H and O–H groups in total. The summed E-state index contributed by atoms with van der Waals surface area (Å²) in [5.41, 5.74) is 1.14. The maximum Gasteiger partial charge on any atom is 0.224 e. The quantitative estimate of drug-likeness (QED) is 0.754. The van der Waals surface area contributed by atoms with E-state index >= 15 is 0 Å². The lowest BCUT2D eigenvalue weighted by molar-refractivity contribution is -0.130. The molecule has 1 saturated heterocycles. The van der Waals surface area contributed by atoms with Crippen molar-refractivity contribution in [1.82, 2.24) is 4.90 Å². The van der Waals surface area contributed by atoms with Gasteiger partial charge in [0.1, 0.15) is 5.37 Å². The molecule has 1 aromatic carbocycles. The second-order valence-electron chi connectivity index (χ2n) is 3.53. The normalized spacial score (nSPS) is 21.9. The van der Waals surface area contributed by atoms with Crippen LogP contribution in [-0.4, -0.2) is 23.6 Å². The number of carbonyl (C=O) groups is 1. The van der Waals surface area contributed by atoms with Gasteiger partial charge in [-0.25, -0.2) is 0 Å². The molecule has 1 heterocycles. The topological polar surface area (TPSA) is 20.3 Å². The standard InChI is InChI=1S/C11H12ClNOS/c1-13-10(14)6-7-15-11(13)8-2-4-9(12)5-3-8/h2-5,11H,6-7H2,1H3/t11-/m1/s1. The summed E-state index contributed by atoms with van der Waals surface area (Å²) < 4.78 is 0. The molecule has 0 bridgehead atoms. The van der Waals surface area contributed by atoms with Crippen LogP contribution < -0.4 is 0 Å². The SMILES string of the molecule is CN1C(=O)CCS[C@@H]1c1ccc(Cl)cc1. The Kier molecular flexibility index (Phi) is 3.22. The van der Waals surface area contributed by atoms with Crippen molar-refractivity contribution in [2.75, 3.05) is 12.8 Å². The minimum atomic E-state index is 0.142. The van der Waals surface area contributed by atoms with Crippen LogP contribution in [0, 0.1) is 0 Å². The average molecular weight is 242 g/mol. The first-order valence-electron chi connectivity index (χ1n) is 4.81. The van der Waals surface area contributed by atoms with E-state index < -0.39 is 0 Å². The molecule has 0 unspecified atom stereocenters. The van der Waals surface area contributed by atoms with Gasteiger partial charge in [0.05, 0.1) is 0 Å².